The molecule has 1 saturated heterocycles. The zero-order chi connectivity index (χ0) is 16.8. The molecular formula is C17H23N3O2S2. The highest BCUT2D eigenvalue weighted by Crippen LogP contribution is 2.17. The SMILES string of the molecule is Cc1ncsc1CCNC(=O)N(Cc1ccsc1)CC1CCCO1. The topological polar surface area (TPSA) is 54.5 Å². The number of nitrogens with one attached hydrogen (secondary N) is 1. The Morgan fingerprint density at radius 3 is 3.12 bits per heavy atom. The molecular weight excluding hydrogens is 342 g/mol. The van der Waals surface area contributed by atoms with Gasteiger partial charge >= 0.3 is 6.03 Å². The molecule has 1 aliphatic rings. The number of rotatable bonds is 7. The summed E-state index contributed by atoms with van der Waals surface area (Å²) in [5, 5.41) is 7.19. The molecule has 24 heavy (non-hydrogen) atoms. The summed E-state index contributed by atoms with van der Waals surface area (Å²) in [6, 6.07) is 2.06. The molecule has 1 unspecified atom stereocenters. The summed E-state index contributed by atoms with van der Waals surface area (Å²) < 4.78 is 5.71. The van der Waals surface area contributed by atoms with E-state index < -0.39 is 0 Å². The average molecular weight is 366 g/mol. The lowest BCUT2D eigenvalue weighted by molar-refractivity contribution is 0.0795. The van der Waals surface area contributed by atoms with Gasteiger partial charge in [-0.15, -0.1) is 11.3 Å². The lowest BCUT2D eigenvalue weighted by Crippen LogP contribution is -2.43. The Labute approximate surface area is 150 Å². The van der Waals surface area contributed by atoms with Gasteiger partial charge in [-0.25, -0.2) is 9.78 Å². The molecule has 130 valence electrons. The van der Waals surface area contributed by atoms with Crippen LogP contribution in [0.15, 0.2) is 22.3 Å². The van der Waals surface area contributed by atoms with Crippen molar-refractivity contribution in [2.45, 2.75) is 38.8 Å². The monoisotopic (exact) mass is 365 g/mol. The highest BCUT2D eigenvalue weighted by Gasteiger charge is 2.22. The zero-order valence-electron chi connectivity index (χ0n) is 13.9. The Balaban J connectivity index is 1.54. The normalized spacial score (nSPS) is 17.1. The number of amides is 2. The van der Waals surface area contributed by atoms with Crippen molar-refractivity contribution in [3.63, 3.8) is 0 Å². The Morgan fingerprint density at radius 2 is 2.46 bits per heavy atom. The number of ether oxygens (including phenoxy) is 1. The number of thiazole rings is 1. The van der Waals surface area contributed by atoms with Crippen molar-refractivity contribution in [3.05, 3.63) is 38.5 Å². The van der Waals surface area contributed by atoms with Crippen LogP contribution in [0.3, 0.4) is 0 Å². The van der Waals surface area contributed by atoms with Crippen molar-refractivity contribution in [1.29, 1.82) is 0 Å². The van der Waals surface area contributed by atoms with Crippen LogP contribution in [-0.4, -0.2) is 41.7 Å². The van der Waals surface area contributed by atoms with Crippen molar-refractivity contribution in [2.24, 2.45) is 0 Å². The molecule has 2 aromatic rings. The summed E-state index contributed by atoms with van der Waals surface area (Å²) in [5.74, 6) is 0. The van der Waals surface area contributed by atoms with Crippen LogP contribution >= 0.6 is 22.7 Å². The van der Waals surface area contributed by atoms with Crippen molar-refractivity contribution in [1.82, 2.24) is 15.2 Å². The third-order valence-corrected chi connectivity index (χ3v) is 5.89. The third kappa shape index (κ3) is 4.78. The highest BCUT2D eigenvalue weighted by molar-refractivity contribution is 7.09. The first-order valence-electron chi connectivity index (χ1n) is 8.27. The van der Waals surface area contributed by atoms with Gasteiger partial charge in [0, 0.05) is 37.5 Å². The molecule has 0 bridgehead atoms. The van der Waals surface area contributed by atoms with Crippen molar-refractivity contribution in [3.8, 4) is 0 Å². The minimum atomic E-state index is -0.0149. The number of hydrogen-bond donors (Lipinski definition) is 1. The zero-order valence-corrected chi connectivity index (χ0v) is 15.5. The van der Waals surface area contributed by atoms with E-state index in [-0.39, 0.29) is 12.1 Å². The number of aryl methyl sites for hydroxylation is 1. The van der Waals surface area contributed by atoms with Crippen LogP contribution in [-0.2, 0) is 17.7 Å². The van der Waals surface area contributed by atoms with Crippen molar-refractivity contribution >= 4 is 28.7 Å². The van der Waals surface area contributed by atoms with E-state index in [0.717, 1.165) is 31.6 Å². The predicted molar refractivity (Wildman–Crippen MR) is 97.7 cm³/mol. The standard InChI is InChI=1S/C17H23N3O2S2/c1-13-16(24-12-19-13)4-6-18-17(21)20(9-14-5-8-23-11-14)10-15-3-2-7-22-15/h5,8,11-12,15H,2-4,6-7,9-10H2,1H3,(H,18,21). The van der Waals surface area contributed by atoms with E-state index in [9.17, 15) is 4.79 Å². The second-order valence-corrected chi connectivity index (χ2v) is 7.71. The van der Waals surface area contributed by atoms with E-state index in [2.05, 4.69) is 21.7 Å². The first kappa shape index (κ1) is 17.4. The first-order chi connectivity index (χ1) is 11.7. The quantitative estimate of drug-likeness (QED) is 0.818. The molecule has 3 rings (SSSR count). The number of thiophene rings is 1. The molecule has 2 aromatic heterocycles. The summed E-state index contributed by atoms with van der Waals surface area (Å²) in [7, 11) is 0. The fourth-order valence-corrected chi connectivity index (χ4v) is 4.26. The molecule has 7 heteroatoms. The van der Waals surface area contributed by atoms with Crippen LogP contribution in [0.2, 0.25) is 0 Å². The largest absolute Gasteiger partial charge is 0.376 e. The van der Waals surface area contributed by atoms with Gasteiger partial charge in [0.15, 0.2) is 0 Å². The molecule has 2 amide bonds. The van der Waals surface area contributed by atoms with E-state index in [1.807, 2.05) is 22.7 Å². The van der Waals surface area contributed by atoms with Gasteiger partial charge in [0.25, 0.3) is 0 Å². The van der Waals surface area contributed by atoms with E-state index in [1.54, 1.807) is 22.7 Å². The minimum Gasteiger partial charge on any atom is -0.376 e. The first-order valence-corrected chi connectivity index (χ1v) is 10.1. The van der Waals surface area contributed by atoms with Crippen LogP contribution in [0, 0.1) is 6.92 Å². The maximum absolute atomic E-state index is 12.6. The molecule has 0 aliphatic carbocycles. The maximum Gasteiger partial charge on any atom is 0.317 e. The van der Waals surface area contributed by atoms with Gasteiger partial charge in [-0.1, -0.05) is 0 Å². The molecule has 1 N–H and O–H groups in total. The van der Waals surface area contributed by atoms with E-state index in [1.165, 1.54) is 10.4 Å². The summed E-state index contributed by atoms with van der Waals surface area (Å²) in [6.07, 6.45) is 3.11. The number of carbonyl (C=O) groups is 1. The fourth-order valence-electron chi connectivity index (χ4n) is 2.82. The molecule has 1 fully saturated rings. The van der Waals surface area contributed by atoms with Crippen LogP contribution < -0.4 is 5.32 Å². The molecule has 5 nitrogen and oxygen atoms in total. The number of carbonyl (C=O) groups excluding carboxylic acids is 1. The summed E-state index contributed by atoms with van der Waals surface area (Å²) in [5.41, 5.74) is 4.09. The molecule has 1 aliphatic heterocycles. The number of urea groups is 1. The smallest absolute Gasteiger partial charge is 0.317 e. The highest BCUT2D eigenvalue weighted by atomic mass is 32.1. The van der Waals surface area contributed by atoms with E-state index >= 15 is 0 Å². The van der Waals surface area contributed by atoms with Gasteiger partial charge in [0.1, 0.15) is 0 Å². The number of hydrogen-bond acceptors (Lipinski definition) is 5. The van der Waals surface area contributed by atoms with Crippen LogP contribution in [0.5, 0.6) is 0 Å². The fraction of sp³-hybridized carbons (Fsp3) is 0.529. The van der Waals surface area contributed by atoms with Gasteiger partial charge in [-0.3, -0.25) is 0 Å². The van der Waals surface area contributed by atoms with Gasteiger partial charge in [0.2, 0.25) is 0 Å². The molecule has 0 spiro atoms. The lowest BCUT2D eigenvalue weighted by atomic mass is 10.2. The molecule has 1 atom stereocenters. The second-order valence-electron chi connectivity index (χ2n) is 5.99. The maximum atomic E-state index is 12.6. The Kier molecular flexibility index (Phi) is 6.23. The molecule has 0 radical (unpaired) electrons. The van der Waals surface area contributed by atoms with Gasteiger partial charge < -0.3 is 15.0 Å². The Morgan fingerprint density at radius 1 is 1.54 bits per heavy atom. The lowest BCUT2D eigenvalue weighted by Gasteiger charge is -2.25. The summed E-state index contributed by atoms with van der Waals surface area (Å²) in [4.78, 5) is 20.0. The van der Waals surface area contributed by atoms with Crippen LogP contribution in [0.25, 0.3) is 0 Å². The number of aromatic nitrogens is 1. The summed E-state index contributed by atoms with van der Waals surface area (Å²) >= 11 is 3.30. The Hall–Kier alpha value is -1.44. The molecule has 3 heterocycles. The van der Waals surface area contributed by atoms with E-state index in [0.29, 0.717) is 19.6 Å². The second kappa shape index (κ2) is 8.60. The third-order valence-electron chi connectivity index (χ3n) is 4.16. The van der Waals surface area contributed by atoms with Gasteiger partial charge in [-0.05, 0) is 42.2 Å². The molecule has 0 saturated carbocycles. The van der Waals surface area contributed by atoms with E-state index in [4.69, 9.17) is 4.74 Å². The van der Waals surface area contributed by atoms with Crippen molar-refractivity contribution in [2.75, 3.05) is 19.7 Å². The molecule has 0 aromatic carbocycles. The minimum absolute atomic E-state index is 0.0149. The van der Waals surface area contributed by atoms with Gasteiger partial charge in [0.05, 0.1) is 17.3 Å². The number of nitrogens with zero attached hydrogens (tertiary/aromatic N) is 2. The Bertz CT molecular complexity index is 636. The average Bonchev–Trinajstić information content (AvgIpc) is 3.31. The van der Waals surface area contributed by atoms with Crippen LogP contribution in [0.4, 0.5) is 4.79 Å². The predicted octanol–water partition coefficient (Wildman–Crippen LogP) is 3.45. The summed E-state index contributed by atoms with van der Waals surface area (Å²) in [6.45, 7) is 4.74. The van der Waals surface area contributed by atoms with Gasteiger partial charge in [-0.2, -0.15) is 11.3 Å². The van der Waals surface area contributed by atoms with Crippen molar-refractivity contribution < 1.29 is 9.53 Å². The van der Waals surface area contributed by atoms with Crippen LogP contribution in [0.1, 0.15) is 29.0 Å².